The summed E-state index contributed by atoms with van der Waals surface area (Å²) in [5.74, 6) is 0.960. The summed E-state index contributed by atoms with van der Waals surface area (Å²) in [5, 5.41) is 6.97. The van der Waals surface area contributed by atoms with E-state index in [9.17, 15) is 12.8 Å². The normalized spacial score (nSPS) is 11.1. The molecule has 0 bridgehead atoms. The van der Waals surface area contributed by atoms with Gasteiger partial charge in [-0.15, -0.1) is 36.2 Å². The summed E-state index contributed by atoms with van der Waals surface area (Å²) in [6.45, 7) is 1.04. The molecule has 0 atom stereocenters. The SMILES string of the molecule is CS(=O)(=O)CCNCc1nc(-c2ccc3nc(-c4ccc(OCc5cccc(F)c5)c(Cl)c4)nc(N)c3c2)cs1.Cl.Cl. The van der Waals surface area contributed by atoms with Crippen LogP contribution in [0.2, 0.25) is 5.02 Å². The van der Waals surface area contributed by atoms with E-state index in [2.05, 4.69) is 20.3 Å². The highest BCUT2D eigenvalue weighted by Crippen LogP contribution is 2.32. The Morgan fingerprint density at radius 1 is 1.02 bits per heavy atom. The molecule has 0 unspecified atom stereocenters. The molecule has 42 heavy (non-hydrogen) atoms. The largest absolute Gasteiger partial charge is 0.487 e. The van der Waals surface area contributed by atoms with Crippen molar-refractivity contribution in [3.63, 3.8) is 0 Å². The number of hydrogen-bond acceptors (Lipinski definition) is 9. The van der Waals surface area contributed by atoms with E-state index in [0.29, 0.717) is 57.5 Å². The molecule has 14 heteroatoms. The lowest BCUT2D eigenvalue weighted by atomic mass is 10.1. The lowest BCUT2D eigenvalue weighted by Gasteiger charge is -2.11. The summed E-state index contributed by atoms with van der Waals surface area (Å²) < 4.78 is 41.7. The zero-order valence-electron chi connectivity index (χ0n) is 22.2. The third-order valence-electron chi connectivity index (χ3n) is 5.97. The number of thiazole rings is 1. The van der Waals surface area contributed by atoms with Crippen LogP contribution in [-0.2, 0) is 23.0 Å². The van der Waals surface area contributed by atoms with Crippen LogP contribution in [0, 0.1) is 5.82 Å². The molecule has 5 aromatic rings. The minimum atomic E-state index is -3.01. The molecule has 0 fully saturated rings. The molecule has 0 aliphatic rings. The minimum absolute atomic E-state index is 0. The second kappa shape index (κ2) is 14.4. The molecule has 0 amide bonds. The number of sulfone groups is 1. The molecule has 0 aliphatic carbocycles. The zero-order chi connectivity index (χ0) is 28.3. The number of nitrogen functional groups attached to an aromatic ring is 1. The third kappa shape index (κ3) is 8.50. The predicted octanol–water partition coefficient (Wildman–Crippen LogP) is 6.35. The molecule has 0 saturated heterocycles. The van der Waals surface area contributed by atoms with Crippen LogP contribution in [-0.4, -0.2) is 41.9 Å². The first-order chi connectivity index (χ1) is 19.1. The van der Waals surface area contributed by atoms with Gasteiger partial charge in [-0.3, -0.25) is 0 Å². The first kappa shape index (κ1) is 33.4. The monoisotopic (exact) mass is 669 g/mol. The van der Waals surface area contributed by atoms with Crippen molar-refractivity contribution in [2.24, 2.45) is 0 Å². The van der Waals surface area contributed by atoms with Gasteiger partial charge in [-0.05, 0) is 48.0 Å². The number of ether oxygens (including phenoxy) is 1. The molecule has 2 aromatic heterocycles. The van der Waals surface area contributed by atoms with Gasteiger partial charge in [0.1, 0.15) is 38.8 Å². The van der Waals surface area contributed by atoms with Crippen molar-refractivity contribution >= 4 is 74.3 Å². The van der Waals surface area contributed by atoms with Gasteiger partial charge in [0.2, 0.25) is 0 Å². The average molecular weight is 671 g/mol. The summed E-state index contributed by atoms with van der Waals surface area (Å²) in [6, 6.07) is 17.1. The quantitative estimate of drug-likeness (QED) is 0.165. The molecule has 0 spiro atoms. The Labute approximate surface area is 264 Å². The van der Waals surface area contributed by atoms with Gasteiger partial charge in [0.25, 0.3) is 0 Å². The number of hydrogen-bond donors (Lipinski definition) is 2. The summed E-state index contributed by atoms with van der Waals surface area (Å²) in [6.07, 6.45) is 1.22. The van der Waals surface area contributed by atoms with Crippen molar-refractivity contribution in [3.8, 4) is 28.4 Å². The highest BCUT2D eigenvalue weighted by atomic mass is 35.5. The number of nitrogens with zero attached hydrogens (tertiary/aromatic N) is 3. The fourth-order valence-electron chi connectivity index (χ4n) is 3.96. The average Bonchev–Trinajstić information content (AvgIpc) is 3.39. The number of anilines is 1. The van der Waals surface area contributed by atoms with E-state index in [4.69, 9.17) is 22.1 Å². The second-order valence-electron chi connectivity index (χ2n) is 9.16. The highest BCUT2D eigenvalue weighted by Gasteiger charge is 2.13. The Hall–Kier alpha value is -3.06. The molecule has 3 aromatic carbocycles. The van der Waals surface area contributed by atoms with Crippen molar-refractivity contribution in [1.29, 1.82) is 0 Å². The van der Waals surface area contributed by atoms with E-state index < -0.39 is 9.84 Å². The number of halogens is 4. The van der Waals surface area contributed by atoms with E-state index in [1.54, 1.807) is 30.3 Å². The Bertz CT molecular complexity index is 1810. The van der Waals surface area contributed by atoms with Crippen molar-refractivity contribution in [2.45, 2.75) is 13.2 Å². The smallest absolute Gasteiger partial charge is 0.162 e. The van der Waals surface area contributed by atoms with Gasteiger partial charge in [0, 0.05) is 41.2 Å². The Morgan fingerprint density at radius 3 is 2.55 bits per heavy atom. The molecule has 3 N–H and O–H groups in total. The maximum absolute atomic E-state index is 13.4. The molecule has 5 rings (SSSR count). The standard InChI is InChI=1S/C28H25ClFN5O3S2.2ClH/c1-40(36,37)10-9-32-14-26-33-24(16-39-26)18-5-7-23-21(12-18)27(31)35-28(34-23)19-6-8-25(22(29)13-19)38-15-17-3-2-4-20(30)11-17;;/h2-8,11-13,16,32H,9-10,14-15H2,1H3,(H2,31,34,35);2*1H. The number of nitrogens with one attached hydrogen (secondary N) is 1. The molecule has 0 radical (unpaired) electrons. The van der Waals surface area contributed by atoms with E-state index in [1.165, 1.54) is 29.7 Å². The van der Waals surface area contributed by atoms with E-state index >= 15 is 0 Å². The van der Waals surface area contributed by atoms with E-state index in [1.807, 2.05) is 23.6 Å². The number of benzene rings is 3. The van der Waals surface area contributed by atoms with Gasteiger partial charge < -0.3 is 15.8 Å². The van der Waals surface area contributed by atoms with Crippen molar-refractivity contribution in [2.75, 3.05) is 24.3 Å². The molecule has 8 nitrogen and oxygen atoms in total. The van der Waals surface area contributed by atoms with Crippen LogP contribution in [0.1, 0.15) is 10.6 Å². The summed E-state index contributed by atoms with van der Waals surface area (Å²) in [5.41, 5.74) is 10.0. The fraction of sp³-hybridized carbons (Fsp3) is 0.179. The van der Waals surface area contributed by atoms with Crippen LogP contribution < -0.4 is 15.8 Å². The fourth-order valence-corrected chi connectivity index (χ4v) is 5.49. The van der Waals surface area contributed by atoms with Gasteiger partial charge in [-0.1, -0.05) is 29.8 Å². The maximum Gasteiger partial charge on any atom is 0.162 e. The molecule has 0 aliphatic heterocycles. The highest BCUT2D eigenvalue weighted by molar-refractivity contribution is 7.90. The number of aromatic nitrogens is 3. The maximum atomic E-state index is 13.4. The number of rotatable bonds is 10. The van der Waals surface area contributed by atoms with E-state index in [-0.39, 0.29) is 43.0 Å². The molecule has 222 valence electrons. The molecular weight excluding hydrogens is 644 g/mol. The number of fused-ring (bicyclic) bond motifs is 1. The van der Waals surface area contributed by atoms with Gasteiger partial charge in [0.15, 0.2) is 5.82 Å². The van der Waals surface area contributed by atoms with Gasteiger partial charge >= 0.3 is 0 Å². The van der Waals surface area contributed by atoms with Crippen molar-refractivity contribution < 1.29 is 17.5 Å². The Balaban J connectivity index is 0.00000242. The van der Waals surface area contributed by atoms with Crippen molar-refractivity contribution in [3.05, 3.63) is 87.5 Å². The van der Waals surface area contributed by atoms with Gasteiger partial charge in [0.05, 0.1) is 22.0 Å². The lowest BCUT2D eigenvalue weighted by molar-refractivity contribution is 0.306. The molecule has 2 heterocycles. The van der Waals surface area contributed by atoms with Gasteiger partial charge in [-0.2, -0.15) is 0 Å². The van der Waals surface area contributed by atoms with Crippen LogP contribution >= 0.6 is 47.8 Å². The summed E-state index contributed by atoms with van der Waals surface area (Å²) >= 11 is 7.95. The Morgan fingerprint density at radius 2 is 1.81 bits per heavy atom. The van der Waals surface area contributed by atoms with E-state index in [0.717, 1.165) is 16.3 Å². The Kier molecular flexibility index (Phi) is 11.5. The van der Waals surface area contributed by atoms with Crippen LogP contribution in [0.25, 0.3) is 33.5 Å². The first-order valence-corrected chi connectivity index (χ1v) is 15.5. The third-order valence-corrected chi connectivity index (χ3v) is 8.06. The van der Waals surface area contributed by atoms with Crippen LogP contribution in [0.4, 0.5) is 10.2 Å². The summed E-state index contributed by atoms with van der Waals surface area (Å²) in [4.78, 5) is 13.8. The lowest BCUT2D eigenvalue weighted by Crippen LogP contribution is -2.21. The molecular formula is C28H27Cl3FN5O3S2. The van der Waals surface area contributed by atoms with Gasteiger partial charge in [-0.25, -0.2) is 27.8 Å². The topological polar surface area (TPSA) is 120 Å². The van der Waals surface area contributed by atoms with Crippen LogP contribution in [0.5, 0.6) is 5.75 Å². The van der Waals surface area contributed by atoms with Crippen LogP contribution in [0.15, 0.2) is 66.0 Å². The first-order valence-electron chi connectivity index (χ1n) is 12.2. The minimum Gasteiger partial charge on any atom is -0.487 e. The number of nitrogens with two attached hydrogens (primary N) is 1. The zero-order valence-corrected chi connectivity index (χ0v) is 26.2. The van der Waals surface area contributed by atoms with Crippen molar-refractivity contribution in [1.82, 2.24) is 20.3 Å². The molecule has 0 saturated carbocycles. The predicted molar refractivity (Wildman–Crippen MR) is 172 cm³/mol. The second-order valence-corrected chi connectivity index (χ2v) is 12.8. The van der Waals surface area contributed by atoms with Crippen LogP contribution in [0.3, 0.4) is 0 Å². The summed E-state index contributed by atoms with van der Waals surface area (Å²) in [7, 11) is -3.01.